The number of rotatable bonds is 6. The minimum atomic E-state index is -0.308. The van der Waals surface area contributed by atoms with Crippen molar-refractivity contribution in [1.29, 1.82) is 0 Å². The van der Waals surface area contributed by atoms with E-state index < -0.39 is 0 Å². The van der Waals surface area contributed by atoms with Gasteiger partial charge in [0.15, 0.2) is 5.78 Å². The van der Waals surface area contributed by atoms with Crippen molar-refractivity contribution >= 4 is 28.9 Å². The topological polar surface area (TPSA) is 64.0 Å². The van der Waals surface area contributed by atoms with Gasteiger partial charge in [-0.3, -0.25) is 9.59 Å². The van der Waals surface area contributed by atoms with E-state index in [2.05, 4.69) is 10.4 Å². The van der Waals surface area contributed by atoms with Crippen LogP contribution in [0.4, 0.5) is 11.4 Å². The first kappa shape index (κ1) is 18.9. The molecule has 1 heterocycles. The van der Waals surface area contributed by atoms with Crippen molar-refractivity contribution < 1.29 is 4.79 Å². The number of aromatic nitrogens is 2. The zero-order valence-electron chi connectivity index (χ0n) is 15.5. The van der Waals surface area contributed by atoms with Crippen LogP contribution < -0.4 is 10.9 Å². The number of benzene rings is 2. The summed E-state index contributed by atoms with van der Waals surface area (Å²) in [6, 6.07) is 17.2. The number of Topliss-reactive ketones (excluding diaryl/α,β-unsaturated/α-hetero) is 1. The van der Waals surface area contributed by atoms with E-state index in [1.165, 1.54) is 11.6 Å². The SMILES string of the molecule is CCn1nc(-c2ccccc2)c(C(C)=O)c(Nc2cccc(SC)c2)c1=O. The number of carbonyl (C=O) groups is 1. The van der Waals surface area contributed by atoms with Gasteiger partial charge in [0.1, 0.15) is 11.4 Å². The zero-order chi connectivity index (χ0) is 19.4. The van der Waals surface area contributed by atoms with E-state index >= 15 is 0 Å². The Kier molecular flexibility index (Phi) is 5.76. The van der Waals surface area contributed by atoms with Gasteiger partial charge in [-0.15, -0.1) is 11.8 Å². The molecule has 3 aromatic rings. The van der Waals surface area contributed by atoms with Crippen molar-refractivity contribution in [2.75, 3.05) is 11.6 Å². The van der Waals surface area contributed by atoms with Crippen LogP contribution in [0.25, 0.3) is 11.3 Å². The Bertz CT molecular complexity index is 1030. The summed E-state index contributed by atoms with van der Waals surface area (Å²) in [4.78, 5) is 26.5. The van der Waals surface area contributed by atoms with Gasteiger partial charge < -0.3 is 5.32 Å². The molecule has 0 saturated carbocycles. The van der Waals surface area contributed by atoms with Crippen LogP contribution in [0, 0.1) is 0 Å². The molecule has 0 spiro atoms. The molecule has 1 N–H and O–H groups in total. The predicted octanol–water partition coefficient (Wildman–Crippen LogP) is 4.60. The fraction of sp³-hybridized carbons (Fsp3) is 0.190. The third-order valence-corrected chi connectivity index (χ3v) is 4.92. The summed E-state index contributed by atoms with van der Waals surface area (Å²) in [6.07, 6.45) is 1.99. The fourth-order valence-corrected chi connectivity index (χ4v) is 3.35. The Labute approximate surface area is 162 Å². The molecule has 27 heavy (non-hydrogen) atoms. The highest BCUT2D eigenvalue weighted by Gasteiger charge is 2.21. The standard InChI is InChI=1S/C21H21N3O2S/c1-4-24-21(26)20(22-16-11-8-12-17(13-16)27-3)18(14(2)25)19(23-24)15-9-6-5-7-10-15/h5-13,22H,4H2,1-3H3. The minimum Gasteiger partial charge on any atom is -0.350 e. The van der Waals surface area contributed by atoms with Crippen LogP contribution in [0.3, 0.4) is 0 Å². The smallest absolute Gasteiger partial charge is 0.291 e. The van der Waals surface area contributed by atoms with Crippen LogP contribution in [-0.2, 0) is 6.54 Å². The number of nitrogens with one attached hydrogen (secondary N) is 1. The second kappa shape index (κ2) is 8.22. The highest BCUT2D eigenvalue weighted by atomic mass is 32.2. The average Bonchev–Trinajstić information content (AvgIpc) is 2.69. The fourth-order valence-electron chi connectivity index (χ4n) is 2.89. The van der Waals surface area contributed by atoms with Crippen molar-refractivity contribution in [2.24, 2.45) is 0 Å². The van der Waals surface area contributed by atoms with Gasteiger partial charge in [-0.1, -0.05) is 36.4 Å². The molecular weight excluding hydrogens is 358 g/mol. The van der Waals surface area contributed by atoms with Crippen LogP contribution in [0.5, 0.6) is 0 Å². The minimum absolute atomic E-state index is 0.203. The normalized spacial score (nSPS) is 10.6. The maximum Gasteiger partial charge on any atom is 0.291 e. The van der Waals surface area contributed by atoms with E-state index in [-0.39, 0.29) is 17.0 Å². The van der Waals surface area contributed by atoms with Crippen LogP contribution in [0.2, 0.25) is 0 Å². The van der Waals surface area contributed by atoms with E-state index in [1.54, 1.807) is 11.8 Å². The van der Waals surface area contributed by atoms with E-state index in [0.29, 0.717) is 17.8 Å². The monoisotopic (exact) mass is 379 g/mol. The van der Waals surface area contributed by atoms with Crippen molar-refractivity contribution in [2.45, 2.75) is 25.3 Å². The first-order valence-electron chi connectivity index (χ1n) is 8.67. The van der Waals surface area contributed by atoms with Gasteiger partial charge in [0, 0.05) is 22.7 Å². The van der Waals surface area contributed by atoms with Crippen LogP contribution in [0.1, 0.15) is 24.2 Å². The van der Waals surface area contributed by atoms with E-state index in [1.807, 2.05) is 67.8 Å². The number of nitrogens with zero attached hydrogens (tertiary/aromatic N) is 2. The largest absolute Gasteiger partial charge is 0.350 e. The first-order chi connectivity index (χ1) is 13.0. The van der Waals surface area contributed by atoms with Crippen molar-refractivity contribution in [1.82, 2.24) is 9.78 Å². The summed E-state index contributed by atoms with van der Waals surface area (Å²) < 4.78 is 1.38. The Hall–Kier alpha value is -2.86. The second-order valence-corrected chi connectivity index (χ2v) is 6.88. The third kappa shape index (κ3) is 3.95. The predicted molar refractivity (Wildman–Crippen MR) is 111 cm³/mol. The molecule has 0 amide bonds. The molecule has 0 aliphatic rings. The van der Waals surface area contributed by atoms with Crippen LogP contribution >= 0.6 is 11.8 Å². The molecule has 5 nitrogen and oxygen atoms in total. The summed E-state index contributed by atoms with van der Waals surface area (Å²) in [5.41, 5.74) is 2.33. The molecule has 0 saturated heterocycles. The number of hydrogen-bond donors (Lipinski definition) is 1. The van der Waals surface area contributed by atoms with Gasteiger partial charge in [-0.05, 0) is 38.3 Å². The van der Waals surface area contributed by atoms with Gasteiger partial charge in [0.2, 0.25) is 0 Å². The lowest BCUT2D eigenvalue weighted by Gasteiger charge is -2.16. The molecule has 0 unspecified atom stereocenters. The Balaban J connectivity index is 2.25. The van der Waals surface area contributed by atoms with Gasteiger partial charge in [0.25, 0.3) is 5.56 Å². The average molecular weight is 379 g/mol. The molecule has 6 heteroatoms. The quantitative estimate of drug-likeness (QED) is 0.501. The molecule has 0 bridgehead atoms. The number of aryl methyl sites for hydroxylation is 1. The number of anilines is 2. The summed E-state index contributed by atoms with van der Waals surface area (Å²) in [5.74, 6) is -0.203. The number of hydrogen-bond acceptors (Lipinski definition) is 5. The molecule has 0 radical (unpaired) electrons. The summed E-state index contributed by atoms with van der Waals surface area (Å²) in [7, 11) is 0. The maximum atomic E-state index is 12.9. The van der Waals surface area contributed by atoms with Crippen molar-refractivity contribution in [3.63, 3.8) is 0 Å². The number of ketones is 1. The van der Waals surface area contributed by atoms with E-state index in [4.69, 9.17) is 0 Å². The van der Waals surface area contributed by atoms with Crippen LogP contribution in [-0.4, -0.2) is 21.8 Å². The van der Waals surface area contributed by atoms with E-state index in [0.717, 1.165) is 16.1 Å². The highest BCUT2D eigenvalue weighted by molar-refractivity contribution is 7.98. The van der Waals surface area contributed by atoms with Gasteiger partial charge in [0.05, 0.1) is 5.56 Å². The highest BCUT2D eigenvalue weighted by Crippen LogP contribution is 2.28. The molecule has 2 aromatic carbocycles. The Morgan fingerprint density at radius 1 is 1.15 bits per heavy atom. The molecule has 0 aliphatic carbocycles. The van der Waals surface area contributed by atoms with Crippen molar-refractivity contribution in [3.05, 3.63) is 70.5 Å². The van der Waals surface area contributed by atoms with Gasteiger partial charge in [-0.25, -0.2) is 4.68 Å². The molecule has 0 atom stereocenters. The molecule has 0 aliphatic heterocycles. The van der Waals surface area contributed by atoms with Crippen LogP contribution in [0.15, 0.2) is 64.3 Å². The molecular formula is C21H21N3O2S. The summed E-state index contributed by atoms with van der Waals surface area (Å²) in [6.45, 7) is 3.73. The molecule has 0 fully saturated rings. The van der Waals surface area contributed by atoms with Gasteiger partial charge in [-0.2, -0.15) is 5.10 Å². The number of carbonyl (C=O) groups excluding carboxylic acids is 1. The van der Waals surface area contributed by atoms with Crippen molar-refractivity contribution in [3.8, 4) is 11.3 Å². The Morgan fingerprint density at radius 3 is 2.52 bits per heavy atom. The second-order valence-electron chi connectivity index (χ2n) is 6.00. The zero-order valence-corrected chi connectivity index (χ0v) is 16.3. The Morgan fingerprint density at radius 2 is 1.89 bits per heavy atom. The van der Waals surface area contributed by atoms with E-state index in [9.17, 15) is 9.59 Å². The lowest BCUT2D eigenvalue weighted by molar-refractivity contribution is 0.101. The van der Waals surface area contributed by atoms with Gasteiger partial charge >= 0.3 is 0 Å². The molecule has 1 aromatic heterocycles. The summed E-state index contributed by atoms with van der Waals surface area (Å²) in [5, 5.41) is 7.63. The number of thioether (sulfide) groups is 1. The maximum absolute atomic E-state index is 12.9. The lowest BCUT2D eigenvalue weighted by atomic mass is 10.0. The first-order valence-corrected chi connectivity index (χ1v) is 9.90. The molecule has 138 valence electrons. The summed E-state index contributed by atoms with van der Waals surface area (Å²) >= 11 is 1.61. The lowest BCUT2D eigenvalue weighted by Crippen LogP contribution is -2.28. The molecule has 3 rings (SSSR count). The third-order valence-electron chi connectivity index (χ3n) is 4.19.